The van der Waals surface area contributed by atoms with Crippen LogP contribution >= 0.6 is 11.6 Å². The van der Waals surface area contributed by atoms with Crippen molar-refractivity contribution in [3.8, 4) is 0 Å². The summed E-state index contributed by atoms with van der Waals surface area (Å²) in [4.78, 5) is 5.69. The number of anilines is 1. The molecule has 1 aliphatic heterocycles. The van der Waals surface area contributed by atoms with Crippen LogP contribution in [-0.4, -0.2) is 0 Å². The molecule has 3 nitrogen and oxygen atoms in total. The van der Waals surface area contributed by atoms with E-state index in [-0.39, 0.29) is 0 Å². The number of halogens is 1. The van der Waals surface area contributed by atoms with Gasteiger partial charge in [-0.05, 0) is 30.7 Å². The van der Waals surface area contributed by atoms with Crippen LogP contribution in [0.1, 0.15) is 32.1 Å². The Morgan fingerprint density at radius 2 is 1.94 bits per heavy atom. The van der Waals surface area contributed by atoms with Gasteiger partial charge in [-0.2, -0.15) is 0 Å². The van der Waals surface area contributed by atoms with Gasteiger partial charge in [0.05, 0.1) is 11.9 Å². The van der Waals surface area contributed by atoms with E-state index in [1.54, 1.807) is 5.17 Å². The number of allylic oxidation sites excluding steroid dienone is 1. The molecule has 1 aromatic rings. The number of hydrogen-bond donors (Lipinski definition) is 1. The molecule has 1 aliphatic rings. The van der Waals surface area contributed by atoms with Crippen LogP contribution < -0.4 is 10.6 Å². The second kappa shape index (κ2) is 6.55. The number of hydrogen-bond acceptors (Lipinski definition) is 3. The molecule has 1 aromatic carbocycles. The average Bonchev–Trinajstić information content (AvgIpc) is 2.84. The molecular weight excluding hydrogens is 248 g/mol. The smallest absolute Gasteiger partial charge is 0.152 e. The lowest BCUT2D eigenvalue weighted by Gasteiger charge is -2.17. The highest BCUT2D eigenvalue weighted by molar-refractivity contribution is 6.30. The molecule has 2 rings (SSSR count). The Morgan fingerprint density at radius 1 is 1.17 bits per heavy atom. The van der Waals surface area contributed by atoms with Crippen LogP contribution in [0.5, 0.6) is 0 Å². The second-order valence-corrected chi connectivity index (χ2v) is 4.70. The van der Waals surface area contributed by atoms with Crippen LogP contribution in [0.4, 0.5) is 5.69 Å². The average molecular weight is 266 g/mol. The fourth-order valence-corrected chi connectivity index (χ4v) is 1.90. The summed E-state index contributed by atoms with van der Waals surface area (Å²) in [6.07, 6.45) is 7.38. The maximum Gasteiger partial charge on any atom is 0.152 e. The summed E-state index contributed by atoms with van der Waals surface area (Å²) in [6, 6.07) is 7.51. The predicted octanol–water partition coefficient (Wildman–Crippen LogP) is 4.22. The van der Waals surface area contributed by atoms with E-state index < -0.39 is 0 Å². The number of rotatable bonds is 6. The standard InChI is InChI=1S/C14H18ClN2O/c1-2-3-4-5-6-14-11-16-17(18-14)13-9-7-12(15)8-10-13/h7-11,16H,1-6H2. The molecule has 1 radical (unpaired) electrons. The first kappa shape index (κ1) is 13.1. The summed E-state index contributed by atoms with van der Waals surface area (Å²) in [5.41, 5.74) is 4.01. The zero-order chi connectivity index (χ0) is 12.8. The molecule has 0 unspecified atom stereocenters. The van der Waals surface area contributed by atoms with Gasteiger partial charge < -0.3 is 4.84 Å². The maximum atomic E-state index is 5.85. The van der Waals surface area contributed by atoms with Gasteiger partial charge in [-0.25, -0.2) is 0 Å². The minimum atomic E-state index is 0.722. The maximum absolute atomic E-state index is 5.85. The third kappa shape index (κ3) is 3.57. The summed E-state index contributed by atoms with van der Waals surface area (Å²) in [6.45, 7) is 3.84. The summed E-state index contributed by atoms with van der Waals surface area (Å²) in [5, 5.41) is 2.37. The first-order chi connectivity index (χ1) is 8.79. The number of hydrazine groups is 1. The van der Waals surface area contributed by atoms with E-state index in [1.165, 1.54) is 12.8 Å². The molecule has 1 heterocycles. The van der Waals surface area contributed by atoms with Crippen molar-refractivity contribution in [3.05, 3.63) is 48.2 Å². The third-order valence-electron chi connectivity index (χ3n) is 2.79. The lowest BCUT2D eigenvalue weighted by molar-refractivity contribution is 0.182. The molecule has 0 bridgehead atoms. The fraction of sp³-hybridized carbons (Fsp3) is 0.357. The number of unbranched alkanes of at least 4 members (excludes halogenated alkanes) is 3. The molecule has 0 aromatic heterocycles. The fourth-order valence-electron chi connectivity index (χ4n) is 1.77. The first-order valence-electron chi connectivity index (χ1n) is 6.28. The van der Waals surface area contributed by atoms with Gasteiger partial charge in [0, 0.05) is 11.4 Å². The molecule has 0 fully saturated rings. The molecule has 18 heavy (non-hydrogen) atoms. The highest BCUT2D eigenvalue weighted by atomic mass is 35.5. The van der Waals surface area contributed by atoms with Crippen molar-refractivity contribution in [2.24, 2.45) is 0 Å². The minimum absolute atomic E-state index is 0.722. The Morgan fingerprint density at radius 3 is 2.67 bits per heavy atom. The van der Waals surface area contributed by atoms with Crippen molar-refractivity contribution in [1.82, 2.24) is 5.43 Å². The van der Waals surface area contributed by atoms with E-state index in [9.17, 15) is 0 Å². The highest BCUT2D eigenvalue weighted by Crippen LogP contribution is 2.23. The normalized spacial score (nSPS) is 14.1. The van der Waals surface area contributed by atoms with Crippen molar-refractivity contribution in [1.29, 1.82) is 0 Å². The lowest BCUT2D eigenvalue weighted by atomic mass is 10.1. The van der Waals surface area contributed by atoms with E-state index >= 15 is 0 Å². The Labute approximate surface area is 113 Å². The zero-order valence-electron chi connectivity index (χ0n) is 10.4. The van der Waals surface area contributed by atoms with Gasteiger partial charge in [-0.15, -0.1) is 5.17 Å². The van der Waals surface area contributed by atoms with Gasteiger partial charge in [0.1, 0.15) is 0 Å². The van der Waals surface area contributed by atoms with Crippen molar-refractivity contribution >= 4 is 17.3 Å². The second-order valence-electron chi connectivity index (χ2n) is 4.27. The highest BCUT2D eigenvalue weighted by Gasteiger charge is 2.15. The molecule has 4 heteroatoms. The largest absolute Gasteiger partial charge is 0.362 e. The molecule has 97 valence electrons. The minimum Gasteiger partial charge on any atom is -0.362 e. The monoisotopic (exact) mass is 265 g/mol. The quantitative estimate of drug-likeness (QED) is 0.780. The van der Waals surface area contributed by atoms with Gasteiger partial charge in [0.15, 0.2) is 5.76 Å². The number of nitrogens with zero attached hydrogens (tertiary/aromatic N) is 1. The first-order valence-corrected chi connectivity index (χ1v) is 6.65. The van der Waals surface area contributed by atoms with Gasteiger partial charge in [0.25, 0.3) is 0 Å². The third-order valence-corrected chi connectivity index (χ3v) is 3.04. The van der Waals surface area contributed by atoms with E-state index in [4.69, 9.17) is 16.4 Å². The summed E-state index contributed by atoms with van der Waals surface area (Å²) in [7, 11) is 0. The summed E-state index contributed by atoms with van der Waals surface area (Å²) >= 11 is 5.85. The van der Waals surface area contributed by atoms with E-state index in [2.05, 4.69) is 12.3 Å². The van der Waals surface area contributed by atoms with Crippen LogP contribution in [0.25, 0.3) is 0 Å². The van der Waals surface area contributed by atoms with Crippen LogP contribution in [0, 0.1) is 6.92 Å². The van der Waals surface area contributed by atoms with Gasteiger partial charge in [0.2, 0.25) is 0 Å². The molecule has 0 spiro atoms. The van der Waals surface area contributed by atoms with Crippen molar-refractivity contribution in [2.75, 3.05) is 5.17 Å². The van der Waals surface area contributed by atoms with Gasteiger partial charge >= 0.3 is 0 Å². The van der Waals surface area contributed by atoms with Crippen molar-refractivity contribution in [2.45, 2.75) is 32.1 Å². The number of nitrogens with one attached hydrogen (secondary N) is 1. The van der Waals surface area contributed by atoms with E-state index in [0.29, 0.717) is 0 Å². The van der Waals surface area contributed by atoms with Crippen LogP contribution in [-0.2, 0) is 4.84 Å². The van der Waals surface area contributed by atoms with Gasteiger partial charge in [-0.1, -0.05) is 37.8 Å². The summed E-state index contributed by atoms with van der Waals surface area (Å²) < 4.78 is 0. The Bertz CT molecular complexity index is 403. The lowest BCUT2D eigenvalue weighted by Crippen LogP contribution is -2.28. The molecule has 1 N–H and O–H groups in total. The Kier molecular flexibility index (Phi) is 4.76. The van der Waals surface area contributed by atoms with Crippen LogP contribution in [0.3, 0.4) is 0 Å². The summed E-state index contributed by atoms with van der Waals surface area (Å²) in [5.74, 6) is 0.967. The van der Waals surface area contributed by atoms with Crippen molar-refractivity contribution in [3.63, 3.8) is 0 Å². The Hall–Kier alpha value is -1.35. The molecule has 0 atom stereocenters. The van der Waals surface area contributed by atoms with E-state index in [0.717, 1.165) is 35.7 Å². The Balaban J connectivity index is 1.78. The predicted molar refractivity (Wildman–Crippen MR) is 74.7 cm³/mol. The molecule has 0 aliphatic carbocycles. The van der Waals surface area contributed by atoms with Crippen LogP contribution in [0.15, 0.2) is 36.2 Å². The van der Waals surface area contributed by atoms with Crippen molar-refractivity contribution < 1.29 is 4.84 Å². The SMILES string of the molecule is [CH2]CCCCCC1=CNN(c2ccc(Cl)cc2)O1. The number of benzene rings is 1. The molecule has 0 saturated heterocycles. The molecule has 0 saturated carbocycles. The van der Waals surface area contributed by atoms with Crippen LogP contribution in [0.2, 0.25) is 5.02 Å². The van der Waals surface area contributed by atoms with E-state index in [1.807, 2.05) is 30.5 Å². The zero-order valence-corrected chi connectivity index (χ0v) is 11.1. The topological polar surface area (TPSA) is 24.5 Å². The molecule has 0 amide bonds. The van der Waals surface area contributed by atoms with Gasteiger partial charge in [-0.3, -0.25) is 5.43 Å². The molecular formula is C14H18ClN2O.